The number of imidazole rings is 1. The van der Waals surface area contributed by atoms with Gasteiger partial charge in [-0.2, -0.15) is 0 Å². The molecule has 1 saturated heterocycles. The largest absolute Gasteiger partial charge is 0.341 e. The molecule has 2 aliphatic rings. The Kier molecular flexibility index (Phi) is 2.21. The Labute approximate surface area is 105 Å². The number of H-pyrrole nitrogens is 1. The van der Waals surface area contributed by atoms with Gasteiger partial charge in [-0.25, -0.2) is 9.37 Å². The SMILES string of the molecule is Fc1ccc2nc([C@@H]3C[C@@H]4CCC[C@@H]4N3)[nH]c2c1. The fourth-order valence-electron chi connectivity index (χ4n) is 3.52. The third-order valence-electron chi connectivity index (χ3n) is 4.41. The van der Waals surface area contributed by atoms with E-state index in [0.717, 1.165) is 29.2 Å². The first kappa shape index (κ1) is 10.5. The maximum atomic E-state index is 13.1. The molecule has 0 spiro atoms. The van der Waals surface area contributed by atoms with Crippen LogP contribution in [0.4, 0.5) is 4.39 Å². The normalized spacial score (nSPS) is 31.1. The average molecular weight is 245 g/mol. The van der Waals surface area contributed by atoms with Crippen molar-refractivity contribution in [2.24, 2.45) is 5.92 Å². The van der Waals surface area contributed by atoms with Crippen molar-refractivity contribution >= 4 is 11.0 Å². The maximum absolute atomic E-state index is 13.1. The predicted octanol–water partition coefficient (Wildman–Crippen LogP) is 2.91. The number of rotatable bonds is 1. The van der Waals surface area contributed by atoms with Crippen LogP contribution in [0.1, 0.15) is 37.5 Å². The van der Waals surface area contributed by atoms with Crippen LogP contribution in [0, 0.1) is 11.7 Å². The molecular formula is C14H16FN3. The van der Waals surface area contributed by atoms with E-state index in [0.29, 0.717) is 12.1 Å². The minimum atomic E-state index is -0.214. The Bertz CT molecular complexity index is 580. The predicted molar refractivity (Wildman–Crippen MR) is 67.7 cm³/mol. The number of nitrogens with zero attached hydrogens (tertiary/aromatic N) is 1. The second-order valence-corrected chi connectivity index (χ2v) is 5.54. The van der Waals surface area contributed by atoms with E-state index in [9.17, 15) is 4.39 Å². The zero-order valence-electron chi connectivity index (χ0n) is 10.1. The average Bonchev–Trinajstić information content (AvgIpc) is 2.99. The summed E-state index contributed by atoms with van der Waals surface area (Å²) in [6.45, 7) is 0. The Morgan fingerprint density at radius 1 is 1.28 bits per heavy atom. The Morgan fingerprint density at radius 3 is 3.11 bits per heavy atom. The van der Waals surface area contributed by atoms with Crippen LogP contribution in [0.15, 0.2) is 18.2 Å². The van der Waals surface area contributed by atoms with Gasteiger partial charge < -0.3 is 10.3 Å². The topological polar surface area (TPSA) is 40.7 Å². The number of aromatic nitrogens is 2. The summed E-state index contributed by atoms with van der Waals surface area (Å²) in [7, 11) is 0. The summed E-state index contributed by atoms with van der Waals surface area (Å²) >= 11 is 0. The van der Waals surface area contributed by atoms with Gasteiger partial charge in [-0.1, -0.05) is 6.42 Å². The van der Waals surface area contributed by atoms with E-state index in [1.54, 1.807) is 6.07 Å². The Balaban J connectivity index is 1.67. The van der Waals surface area contributed by atoms with Crippen molar-refractivity contribution in [3.63, 3.8) is 0 Å². The minimum absolute atomic E-state index is 0.214. The van der Waals surface area contributed by atoms with Crippen LogP contribution in [0.25, 0.3) is 11.0 Å². The van der Waals surface area contributed by atoms with Crippen LogP contribution in [0.2, 0.25) is 0 Å². The third kappa shape index (κ3) is 1.56. The van der Waals surface area contributed by atoms with Gasteiger partial charge in [0.2, 0.25) is 0 Å². The molecule has 4 heteroatoms. The highest BCUT2D eigenvalue weighted by Gasteiger charge is 2.38. The van der Waals surface area contributed by atoms with E-state index < -0.39 is 0 Å². The summed E-state index contributed by atoms with van der Waals surface area (Å²) in [5, 5.41) is 3.66. The van der Waals surface area contributed by atoms with Crippen molar-refractivity contribution in [3.8, 4) is 0 Å². The van der Waals surface area contributed by atoms with E-state index in [1.165, 1.54) is 31.4 Å². The molecule has 2 aromatic rings. The van der Waals surface area contributed by atoms with Crippen LogP contribution in [-0.4, -0.2) is 16.0 Å². The standard InChI is InChI=1S/C14H16FN3/c15-9-4-5-11-12(7-9)18-14(17-11)13-6-8-2-1-3-10(8)16-13/h4-5,7-8,10,13,16H,1-3,6H2,(H,17,18)/t8-,10-,13-/m0/s1. The first-order valence-electron chi connectivity index (χ1n) is 6.71. The molecule has 1 aliphatic heterocycles. The number of halogens is 1. The molecule has 1 saturated carbocycles. The molecule has 4 rings (SSSR count). The summed E-state index contributed by atoms with van der Waals surface area (Å²) in [6.07, 6.45) is 5.13. The number of fused-ring (bicyclic) bond motifs is 2. The van der Waals surface area contributed by atoms with Crippen molar-refractivity contribution in [2.75, 3.05) is 0 Å². The van der Waals surface area contributed by atoms with Gasteiger partial charge >= 0.3 is 0 Å². The lowest BCUT2D eigenvalue weighted by Crippen LogP contribution is -2.24. The molecule has 2 fully saturated rings. The molecule has 3 nitrogen and oxygen atoms in total. The molecule has 2 N–H and O–H groups in total. The number of aromatic amines is 1. The van der Waals surface area contributed by atoms with Crippen LogP contribution >= 0.6 is 0 Å². The van der Waals surface area contributed by atoms with Crippen molar-refractivity contribution in [1.29, 1.82) is 0 Å². The molecular weight excluding hydrogens is 229 g/mol. The fraction of sp³-hybridized carbons (Fsp3) is 0.500. The lowest BCUT2D eigenvalue weighted by Gasteiger charge is -2.09. The summed E-state index contributed by atoms with van der Waals surface area (Å²) in [5.74, 6) is 1.55. The zero-order valence-corrected chi connectivity index (χ0v) is 10.1. The fourth-order valence-corrected chi connectivity index (χ4v) is 3.52. The van der Waals surface area contributed by atoms with E-state index in [-0.39, 0.29) is 5.82 Å². The molecule has 2 heterocycles. The summed E-state index contributed by atoms with van der Waals surface area (Å²) in [4.78, 5) is 7.83. The lowest BCUT2D eigenvalue weighted by molar-refractivity contribution is 0.516. The second kappa shape index (κ2) is 3.79. The zero-order chi connectivity index (χ0) is 12.1. The van der Waals surface area contributed by atoms with Gasteiger partial charge in [-0.3, -0.25) is 0 Å². The first-order valence-corrected chi connectivity index (χ1v) is 6.71. The second-order valence-electron chi connectivity index (χ2n) is 5.54. The van der Waals surface area contributed by atoms with E-state index >= 15 is 0 Å². The molecule has 1 aromatic carbocycles. The molecule has 3 atom stereocenters. The van der Waals surface area contributed by atoms with E-state index in [1.807, 2.05) is 0 Å². The summed E-state index contributed by atoms with van der Waals surface area (Å²) in [5.41, 5.74) is 1.65. The highest BCUT2D eigenvalue weighted by molar-refractivity contribution is 5.75. The summed E-state index contributed by atoms with van der Waals surface area (Å²) < 4.78 is 13.1. The number of hydrogen-bond acceptors (Lipinski definition) is 2. The van der Waals surface area contributed by atoms with Crippen molar-refractivity contribution in [1.82, 2.24) is 15.3 Å². The molecule has 1 aliphatic carbocycles. The highest BCUT2D eigenvalue weighted by Crippen LogP contribution is 2.39. The molecule has 18 heavy (non-hydrogen) atoms. The third-order valence-corrected chi connectivity index (χ3v) is 4.41. The molecule has 0 radical (unpaired) electrons. The first-order chi connectivity index (χ1) is 8.79. The van der Waals surface area contributed by atoms with Gasteiger partial charge in [-0.05, 0) is 43.4 Å². The molecule has 0 bridgehead atoms. The van der Waals surface area contributed by atoms with E-state index in [2.05, 4.69) is 15.3 Å². The maximum Gasteiger partial charge on any atom is 0.125 e. The number of benzene rings is 1. The van der Waals surface area contributed by atoms with Crippen LogP contribution in [-0.2, 0) is 0 Å². The number of hydrogen-bond donors (Lipinski definition) is 2. The van der Waals surface area contributed by atoms with Crippen molar-refractivity contribution in [2.45, 2.75) is 37.8 Å². The summed E-state index contributed by atoms with van der Waals surface area (Å²) in [6, 6.07) is 5.70. The van der Waals surface area contributed by atoms with E-state index in [4.69, 9.17) is 0 Å². The van der Waals surface area contributed by atoms with Gasteiger partial charge in [-0.15, -0.1) is 0 Å². The lowest BCUT2D eigenvalue weighted by atomic mass is 10.0. The van der Waals surface area contributed by atoms with Crippen molar-refractivity contribution < 1.29 is 4.39 Å². The Hall–Kier alpha value is -1.42. The molecule has 0 unspecified atom stereocenters. The highest BCUT2D eigenvalue weighted by atomic mass is 19.1. The van der Waals surface area contributed by atoms with Crippen LogP contribution < -0.4 is 5.32 Å². The number of nitrogens with one attached hydrogen (secondary N) is 2. The minimum Gasteiger partial charge on any atom is -0.341 e. The Morgan fingerprint density at radius 2 is 2.22 bits per heavy atom. The molecule has 94 valence electrons. The van der Waals surface area contributed by atoms with Gasteiger partial charge in [0, 0.05) is 6.04 Å². The monoisotopic (exact) mass is 245 g/mol. The smallest absolute Gasteiger partial charge is 0.125 e. The van der Waals surface area contributed by atoms with Crippen LogP contribution in [0.5, 0.6) is 0 Å². The molecule has 0 amide bonds. The van der Waals surface area contributed by atoms with Crippen molar-refractivity contribution in [3.05, 3.63) is 29.8 Å². The van der Waals surface area contributed by atoms with Gasteiger partial charge in [0.05, 0.1) is 17.1 Å². The molecule has 1 aromatic heterocycles. The quantitative estimate of drug-likeness (QED) is 0.811. The van der Waals surface area contributed by atoms with Crippen LogP contribution in [0.3, 0.4) is 0 Å². The van der Waals surface area contributed by atoms with Gasteiger partial charge in [0.1, 0.15) is 11.6 Å². The van der Waals surface area contributed by atoms with Gasteiger partial charge in [0.15, 0.2) is 0 Å². The van der Waals surface area contributed by atoms with Gasteiger partial charge in [0.25, 0.3) is 0 Å².